The summed E-state index contributed by atoms with van der Waals surface area (Å²) in [4.78, 5) is 41.8. The average Bonchev–Trinajstić information content (AvgIpc) is 2.06. The van der Waals surface area contributed by atoms with Gasteiger partial charge in [0.15, 0.2) is 0 Å². The van der Waals surface area contributed by atoms with Gasteiger partial charge in [-0.05, 0) is 0 Å². The lowest BCUT2D eigenvalue weighted by atomic mass is 10.9. The number of carbonyl (C=O) groups is 4. The molecule has 0 N–H and O–H groups in total. The molecule has 0 aliphatic carbocycles. The van der Waals surface area contributed by atoms with Crippen LogP contribution >= 0.6 is 0 Å². The van der Waals surface area contributed by atoms with E-state index in [1.54, 1.807) is 26.2 Å². The van der Waals surface area contributed by atoms with Crippen molar-refractivity contribution in [1.29, 1.82) is 0 Å². The molecule has 0 rings (SSSR count). The molecule has 10 heteroatoms. The van der Waals surface area contributed by atoms with E-state index in [0.29, 0.717) is 0 Å². The second-order valence-electron chi connectivity index (χ2n) is 5.17. The minimum Gasteiger partial charge on any atom is -0.485 e. The molecule has 0 heterocycles. The first-order valence-corrected chi connectivity index (χ1v) is 12.1. The van der Waals surface area contributed by atoms with Gasteiger partial charge < -0.3 is 17.7 Å². The third kappa shape index (κ3) is 16.4. The minimum absolute atomic E-state index is 0.414. The molecule has 0 aliphatic rings. The summed E-state index contributed by atoms with van der Waals surface area (Å²) < 4.78 is 19.2. The lowest BCUT2D eigenvalue weighted by Gasteiger charge is -2.19. The molecule has 0 amide bonds. The Kier molecular flexibility index (Phi) is 9.61. The molecule has 0 aromatic heterocycles. The van der Waals surface area contributed by atoms with E-state index in [-0.39, 0.29) is 0 Å². The van der Waals surface area contributed by atoms with Crippen molar-refractivity contribution >= 4 is 41.0 Å². The molecule has 0 atom stereocenters. The van der Waals surface area contributed by atoms with E-state index in [1.165, 1.54) is 27.7 Å². The second kappa shape index (κ2) is 9.36. The van der Waals surface area contributed by atoms with Gasteiger partial charge in [0, 0.05) is 53.9 Å². The topological polar surface area (TPSA) is 105 Å². The van der Waals surface area contributed by atoms with Crippen LogP contribution in [0.4, 0.5) is 0 Å². The first-order chi connectivity index (χ1) is 9.67. The second-order valence-corrected chi connectivity index (χ2v) is 11.6. The highest BCUT2D eigenvalue weighted by Gasteiger charge is 2.31. The Balaban J connectivity index is 0. The molecule has 0 aliphatic heterocycles. The lowest BCUT2D eigenvalue weighted by Crippen LogP contribution is -2.38. The van der Waals surface area contributed by atoms with Gasteiger partial charge in [-0.25, -0.2) is 0 Å². The van der Waals surface area contributed by atoms with Crippen molar-refractivity contribution in [1.82, 2.24) is 0 Å². The Morgan fingerprint density at radius 2 is 0.636 bits per heavy atom. The normalized spacial score (nSPS) is 10.5. The van der Waals surface area contributed by atoms with Crippen LogP contribution in [-0.4, -0.2) is 41.0 Å². The van der Waals surface area contributed by atoms with Crippen LogP contribution in [0.15, 0.2) is 0 Å². The van der Waals surface area contributed by atoms with Crippen molar-refractivity contribution in [3.05, 3.63) is 0 Å². The monoisotopic (exact) mass is 352 g/mol. The third-order valence-corrected chi connectivity index (χ3v) is 4.67. The van der Waals surface area contributed by atoms with Crippen molar-refractivity contribution in [3.8, 4) is 0 Å². The van der Waals surface area contributed by atoms with E-state index in [2.05, 4.69) is 0 Å². The summed E-state index contributed by atoms with van der Waals surface area (Å²) >= 11 is 0. The highest BCUT2D eigenvalue weighted by molar-refractivity contribution is 6.68. The lowest BCUT2D eigenvalue weighted by molar-refractivity contribution is -0.140. The molecular weight excluding hydrogens is 328 g/mol. The predicted molar refractivity (Wildman–Crippen MR) is 82.0 cm³/mol. The fraction of sp³-hybridized carbons (Fsp3) is 0.667. The van der Waals surface area contributed by atoms with Crippen LogP contribution in [0.1, 0.15) is 27.7 Å². The van der Waals surface area contributed by atoms with E-state index in [4.69, 9.17) is 17.7 Å². The number of carbonyl (C=O) groups excluding carboxylic acids is 4. The van der Waals surface area contributed by atoms with E-state index in [1.807, 2.05) is 0 Å². The molecule has 0 fully saturated rings. The molecule has 0 bridgehead atoms. The third-order valence-electron chi connectivity index (χ3n) is 1.56. The smallest absolute Gasteiger partial charge is 0.457 e. The summed E-state index contributed by atoms with van der Waals surface area (Å²) in [6, 6.07) is 0. The Hall–Kier alpha value is -1.69. The number of hydrogen-bond acceptors (Lipinski definition) is 8. The molecule has 0 radical (unpaired) electrons. The zero-order chi connectivity index (χ0) is 18.1. The molecular formula is C12H24O8Si2. The summed E-state index contributed by atoms with van der Waals surface area (Å²) in [5.41, 5.74) is 0. The zero-order valence-electron chi connectivity index (χ0n) is 14.3. The SMILES string of the molecule is CC(=O)O[Si](C)(C)OC(C)=O.CC(=O)O[Si](C)(C)OC(C)=O. The quantitative estimate of drug-likeness (QED) is 0.703. The van der Waals surface area contributed by atoms with E-state index in [9.17, 15) is 19.2 Å². The Morgan fingerprint density at radius 3 is 0.727 bits per heavy atom. The molecule has 8 nitrogen and oxygen atoms in total. The van der Waals surface area contributed by atoms with Crippen molar-refractivity contribution in [2.24, 2.45) is 0 Å². The van der Waals surface area contributed by atoms with E-state index < -0.39 is 41.0 Å². The van der Waals surface area contributed by atoms with Crippen molar-refractivity contribution in [3.63, 3.8) is 0 Å². The molecule has 22 heavy (non-hydrogen) atoms. The first kappa shape index (κ1) is 22.6. The molecule has 0 unspecified atom stereocenters. The maximum Gasteiger partial charge on any atom is 0.457 e. The van der Waals surface area contributed by atoms with E-state index in [0.717, 1.165) is 0 Å². The fourth-order valence-corrected chi connectivity index (χ4v) is 4.28. The van der Waals surface area contributed by atoms with Crippen LogP contribution in [0.5, 0.6) is 0 Å². The van der Waals surface area contributed by atoms with Gasteiger partial charge in [-0.2, -0.15) is 0 Å². The van der Waals surface area contributed by atoms with Crippen molar-refractivity contribution in [2.75, 3.05) is 0 Å². The molecule has 0 aromatic carbocycles. The predicted octanol–water partition coefficient (Wildman–Crippen LogP) is 1.63. The Morgan fingerprint density at radius 1 is 0.500 bits per heavy atom. The maximum atomic E-state index is 10.5. The average molecular weight is 352 g/mol. The first-order valence-electron chi connectivity index (χ1n) is 6.45. The Bertz CT molecular complexity index is 355. The van der Waals surface area contributed by atoms with Crippen molar-refractivity contribution < 1.29 is 36.9 Å². The van der Waals surface area contributed by atoms with Crippen LogP contribution in [0, 0.1) is 0 Å². The summed E-state index contributed by atoms with van der Waals surface area (Å²) in [6.07, 6.45) is 0. The van der Waals surface area contributed by atoms with E-state index >= 15 is 0 Å². The molecule has 0 saturated carbocycles. The summed E-state index contributed by atoms with van der Waals surface area (Å²) in [5.74, 6) is -1.66. The molecule has 0 aromatic rings. The maximum absolute atomic E-state index is 10.5. The van der Waals surface area contributed by atoms with Crippen LogP contribution in [0.25, 0.3) is 0 Å². The number of hydrogen-bond donors (Lipinski definition) is 0. The zero-order valence-corrected chi connectivity index (χ0v) is 16.3. The summed E-state index contributed by atoms with van der Waals surface area (Å²) in [5, 5.41) is 0. The van der Waals surface area contributed by atoms with Gasteiger partial charge in [0.25, 0.3) is 23.9 Å². The van der Waals surface area contributed by atoms with Crippen LogP contribution in [0.3, 0.4) is 0 Å². The van der Waals surface area contributed by atoms with Crippen molar-refractivity contribution in [2.45, 2.75) is 53.9 Å². The largest absolute Gasteiger partial charge is 0.485 e. The molecule has 0 spiro atoms. The number of rotatable bonds is 4. The fourth-order valence-electron chi connectivity index (χ4n) is 1.43. The summed E-state index contributed by atoms with van der Waals surface area (Å²) in [6.45, 7) is 11.7. The highest BCUT2D eigenvalue weighted by Crippen LogP contribution is 2.07. The van der Waals surface area contributed by atoms with Gasteiger partial charge in [0.2, 0.25) is 0 Å². The highest BCUT2D eigenvalue weighted by atomic mass is 28.4. The van der Waals surface area contributed by atoms with Gasteiger partial charge in [-0.3, -0.25) is 19.2 Å². The van der Waals surface area contributed by atoms with Crippen LogP contribution < -0.4 is 0 Å². The summed E-state index contributed by atoms with van der Waals surface area (Å²) in [7, 11) is -5.06. The molecule has 0 saturated heterocycles. The van der Waals surface area contributed by atoms with Gasteiger partial charge >= 0.3 is 17.1 Å². The Labute approximate surface area is 132 Å². The molecule has 128 valence electrons. The van der Waals surface area contributed by atoms with Crippen LogP contribution in [0.2, 0.25) is 26.2 Å². The van der Waals surface area contributed by atoms with Gasteiger partial charge in [0.05, 0.1) is 0 Å². The van der Waals surface area contributed by atoms with Gasteiger partial charge in [-0.1, -0.05) is 0 Å². The van der Waals surface area contributed by atoms with Gasteiger partial charge in [0.1, 0.15) is 0 Å². The van der Waals surface area contributed by atoms with Crippen LogP contribution in [-0.2, 0) is 36.9 Å². The van der Waals surface area contributed by atoms with Gasteiger partial charge in [-0.15, -0.1) is 0 Å². The minimum atomic E-state index is -2.53. The standard InChI is InChI=1S/2C6H12O4Si/c2*1-5(7)9-11(3,4)10-6(2)8/h2*1-4H3.